The number of halogens is 1. The molecular weight excluding hydrogens is 232 g/mol. The Morgan fingerprint density at radius 2 is 1.76 bits per heavy atom. The normalized spacial score (nSPS) is 10.1. The molecule has 2 aromatic rings. The second-order valence-electron chi connectivity index (χ2n) is 3.99. The Morgan fingerprint density at radius 3 is 2.41 bits per heavy atom. The van der Waals surface area contributed by atoms with Crippen molar-refractivity contribution in [3.63, 3.8) is 0 Å². The van der Waals surface area contributed by atoms with E-state index in [4.69, 9.17) is 4.98 Å². The summed E-state index contributed by atoms with van der Waals surface area (Å²) in [4.78, 5) is 6.98. The Bertz CT molecular complexity index is 493. The lowest BCUT2D eigenvalue weighted by atomic mass is 10.1. The fourth-order valence-electron chi connectivity index (χ4n) is 2.04. The van der Waals surface area contributed by atoms with E-state index in [1.807, 2.05) is 6.07 Å². The summed E-state index contributed by atoms with van der Waals surface area (Å²) in [5, 5.41) is 1.25. The van der Waals surface area contributed by atoms with E-state index in [1.54, 1.807) is 0 Å². The molecule has 0 amide bonds. The average molecular weight is 251 g/mol. The second kappa shape index (κ2) is 5.87. The zero-order valence-electron chi connectivity index (χ0n) is 10.6. The van der Waals surface area contributed by atoms with Gasteiger partial charge in [-0.3, -0.25) is 0 Å². The minimum Gasteiger partial charge on any atom is -0.357 e. The molecule has 0 N–H and O–H groups in total. The molecule has 1 aromatic carbocycles. The van der Waals surface area contributed by atoms with Gasteiger partial charge in [0, 0.05) is 18.5 Å². The number of benzene rings is 1. The first kappa shape index (κ1) is 13.8. The van der Waals surface area contributed by atoms with Crippen LogP contribution in [0.25, 0.3) is 10.9 Å². The Hall–Kier alpha value is -1.28. The van der Waals surface area contributed by atoms with Gasteiger partial charge in [-0.2, -0.15) is 0 Å². The number of rotatable bonds is 3. The summed E-state index contributed by atoms with van der Waals surface area (Å²) in [7, 11) is 0. The highest BCUT2D eigenvalue weighted by Gasteiger charge is 2.06. The summed E-state index contributed by atoms with van der Waals surface area (Å²) in [6.07, 6.45) is 0. The Labute approximate surface area is 109 Å². The SMILES string of the molecule is CCN(CC)c1cc(C)c2ccccc2n1.Cl. The van der Waals surface area contributed by atoms with Crippen LogP contribution in [0.3, 0.4) is 0 Å². The van der Waals surface area contributed by atoms with Crippen LogP contribution < -0.4 is 4.90 Å². The molecule has 17 heavy (non-hydrogen) atoms. The monoisotopic (exact) mass is 250 g/mol. The van der Waals surface area contributed by atoms with Crippen molar-refractivity contribution in [1.29, 1.82) is 0 Å². The predicted octanol–water partition coefficient (Wildman–Crippen LogP) is 3.81. The number of anilines is 1. The van der Waals surface area contributed by atoms with Gasteiger partial charge in [-0.15, -0.1) is 12.4 Å². The van der Waals surface area contributed by atoms with E-state index in [2.05, 4.69) is 49.9 Å². The van der Waals surface area contributed by atoms with Gasteiger partial charge in [0.2, 0.25) is 0 Å². The van der Waals surface area contributed by atoms with Crippen LogP contribution in [0.15, 0.2) is 30.3 Å². The highest BCUT2D eigenvalue weighted by molar-refractivity contribution is 5.85. The minimum absolute atomic E-state index is 0. The molecule has 0 aliphatic heterocycles. The lowest BCUT2D eigenvalue weighted by molar-refractivity contribution is 0.849. The fraction of sp³-hybridized carbons (Fsp3) is 0.357. The number of fused-ring (bicyclic) bond motifs is 1. The molecule has 0 bridgehead atoms. The third kappa shape index (κ3) is 2.70. The summed E-state index contributed by atoms with van der Waals surface area (Å²) in [5.41, 5.74) is 2.39. The van der Waals surface area contributed by atoms with Gasteiger partial charge >= 0.3 is 0 Å². The largest absolute Gasteiger partial charge is 0.357 e. The first-order valence-electron chi connectivity index (χ1n) is 5.87. The fourth-order valence-corrected chi connectivity index (χ4v) is 2.04. The quantitative estimate of drug-likeness (QED) is 0.824. The maximum absolute atomic E-state index is 4.70. The van der Waals surface area contributed by atoms with Gasteiger partial charge in [0.05, 0.1) is 5.52 Å². The maximum atomic E-state index is 4.70. The second-order valence-corrected chi connectivity index (χ2v) is 3.99. The molecular formula is C14H19ClN2. The van der Waals surface area contributed by atoms with Crippen LogP contribution in [0.4, 0.5) is 5.82 Å². The zero-order chi connectivity index (χ0) is 11.5. The molecule has 0 aliphatic carbocycles. The topological polar surface area (TPSA) is 16.1 Å². The van der Waals surface area contributed by atoms with Gasteiger partial charge in [-0.05, 0) is 38.5 Å². The third-order valence-corrected chi connectivity index (χ3v) is 3.00. The third-order valence-electron chi connectivity index (χ3n) is 3.00. The van der Waals surface area contributed by atoms with Crippen molar-refractivity contribution in [2.24, 2.45) is 0 Å². The van der Waals surface area contributed by atoms with Gasteiger partial charge in [0.25, 0.3) is 0 Å². The number of pyridine rings is 1. The van der Waals surface area contributed by atoms with Gasteiger partial charge < -0.3 is 4.90 Å². The molecule has 0 aliphatic rings. The molecule has 0 spiro atoms. The molecule has 2 nitrogen and oxygen atoms in total. The van der Waals surface area contributed by atoms with Crippen LogP contribution in [0.2, 0.25) is 0 Å². The Morgan fingerprint density at radius 1 is 1.12 bits per heavy atom. The van der Waals surface area contributed by atoms with Crippen molar-refractivity contribution >= 4 is 29.1 Å². The molecule has 0 radical (unpaired) electrons. The number of aryl methyl sites for hydroxylation is 1. The number of hydrogen-bond donors (Lipinski definition) is 0. The van der Waals surface area contributed by atoms with E-state index >= 15 is 0 Å². The number of para-hydroxylation sites is 1. The molecule has 3 heteroatoms. The van der Waals surface area contributed by atoms with Crippen LogP contribution >= 0.6 is 12.4 Å². The lowest BCUT2D eigenvalue weighted by Gasteiger charge is -2.20. The standard InChI is InChI=1S/C14H18N2.ClH/c1-4-16(5-2)14-10-11(3)12-8-6-7-9-13(12)15-14;/h6-10H,4-5H2,1-3H3;1H. The molecule has 0 atom stereocenters. The van der Waals surface area contributed by atoms with Crippen LogP contribution in [0, 0.1) is 6.92 Å². The zero-order valence-corrected chi connectivity index (χ0v) is 11.4. The molecule has 1 aromatic heterocycles. The number of hydrogen-bond acceptors (Lipinski definition) is 2. The number of aromatic nitrogens is 1. The number of nitrogens with zero attached hydrogens (tertiary/aromatic N) is 2. The summed E-state index contributed by atoms with van der Waals surface area (Å²) in [5.74, 6) is 1.08. The summed E-state index contributed by atoms with van der Waals surface area (Å²) < 4.78 is 0. The molecule has 2 rings (SSSR count). The average Bonchev–Trinajstić information content (AvgIpc) is 2.31. The summed E-state index contributed by atoms with van der Waals surface area (Å²) in [6.45, 7) is 8.48. The summed E-state index contributed by atoms with van der Waals surface area (Å²) >= 11 is 0. The van der Waals surface area contributed by atoms with Gasteiger partial charge in [-0.25, -0.2) is 4.98 Å². The van der Waals surface area contributed by atoms with Crippen LogP contribution in [0.5, 0.6) is 0 Å². The highest BCUT2D eigenvalue weighted by atomic mass is 35.5. The van der Waals surface area contributed by atoms with Crippen molar-refractivity contribution in [3.05, 3.63) is 35.9 Å². The van der Waals surface area contributed by atoms with E-state index in [-0.39, 0.29) is 12.4 Å². The van der Waals surface area contributed by atoms with Crippen molar-refractivity contribution in [2.45, 2.75) is 20.8 Å². The van der Waals surface area contributed by atoms with E-state index in [1.165, 1.54) is 10.9 Å². The van der Waals surface area contributed by atoms with Crippen molar-refractivity contribution < 1.29 is 0 Å². The molecule has 0 fully saturated rings. The molecule has 1 heterocycles. The van der Waals surface area contributed by atoms with Crippen molar-refractivity contribution in [2.75, 3.05) is 18.0 Å². The molecule has 0 unspecified atom stereocenters. The van der Waals surface area contributed by atoms with Crippen molar-refractivity contribution in [1.82, 2.24) is 4.98 Å². The lowest BCUT2D eigenvalue weighted by Crippen LogP contribution is -2.23. The highest BCUT2D eigenvalue weighted by Crippen LogP contribution is 2.21. The van der Waals surface area contributed by atoms with Crippen LogP contribution in [0.1, 0.15) is 19.4 Å². The Kier molecular flexibility index (Phi) is 4.76. The van der Waals surface area contributed by atoms with E-state index < -0.39 is 0 Å². The summed E-state index contributed by atoms with van der Waals surface area (Å²) in [6, 6.07) is 10.5. The van der Waals surface area contributed by atoms with Gasteiger partial charge in [0.1, 0.15) is 5.82 Å². The molecule has 92 valence electrons. The van der Waals surface area contributed by atoms with E-state index in [0.29, 0.717) is 0 Å². The van der Waals surface area contributed by atoms with Gasteiger partial charge in [-0.1, -0.05) is 18.2 Å². The van der Waals surface area contributed by atoms with Gasteiger partial charge in [0.15, 0.2) is 0 Å². The van der Waals surface area contributed by atoms with Crippen molar-refractivity contribution in [3.8, 4) is 0 Å². The first-order chi connectivity index (χ1) is 7.76. The molecule has 0 saturated carbocycles. The minimum atomic E-state index is 0. The molecule has 0 saturated heterocycles. The smallest absolute Gasteiger partial charge is 0.129 e. The van der Waals surface area contributed by atoms with Crippen LogP contribution in [-0.2, 0) is 0 Å². The van der Waals surface area contributed by atoms with Crippen LogP contribution in [-0.4, -0.2) is 18.1 Å². The predicted molar refractivity (Wildman–Crippen MR) is 77.3 cm³/mol. The van der Waals surface area contributed by atoms with E-state index in [9.17, 15) is 0 Å². The first-order valence-corrected chi connectivity index (χ1v) is 5.87. The Balaban J connectivity index is 0.00000144. The van der Waals surface area contributed by atoms with E-state index in [0.717, 1.165) is 24.4 Å². The maximum Gasteiger partial charge on any atom is 0.129 e.